The zero-order valence-electron chi connectivity index (χ0n) is 15.4. The van der Waals surface area contributed by atoms with Gasteiger partial charge in [-0.3, -0.25) is 19.6 Å². The first-order chi connectivity index (χ1) is 13.4. The molecule has 4 rings (SSSR count). The SMILES string of the molecule is Cn1cc(C2(N3CCN(CC(F)(F)F)CC3)C=CC(c3cn[nH]c3)=CN2)cn1. The van der Waals surface area contributed by atoms with Gasteiger partial charge in [0.05, 0.1) is 18.9 Å². The van der Waals surface area contributed by atoms with Crippen molar-refractivity contribution in [1.82, 2.24) is 35.1 Å². The predicted molar refractivity (Wildman–Crippen MR) is 97.8 cm³/mol. The Bertz CT molecular complexity index is 860. The van der Waals surface area contributed by atoms with Gasteiger partial charge in [-0.2, -0.15) is 23.4 Å². The van der Waals surface area contributed by atoms with Crippen LogP contribution in [0.4, 0.5) is 13.2 Å². The number of piperazine rings is 1. The van der Waals surface area contributed by atoms with Gasteiger partial charge in [0.25, 0.3) is 0 Å². The van der Waals surface area contributed by atoms with E-state index < -0.39 is 18.4 Å². The lowest BCUT2D eigenvalue weighted by Gasteiger charge is -2.47. The third-order valence-corrected chi connectivity index (χ3v) is 5.20. The molecular formula is C18H22F3N7. The van der Waals surface area contributed by atoms with Crippen LogP contribution in [0.2, 0.25) is 0 Å². The molecule has 0 bridgehead atoms. The molecule has 1 atom stereocenters. The van der Waals surface area contributed by atoms with Gasteiger partial charge in [-0.15, -0.1) is 0 Å². The van der Waals surface area contributed by atoms with E-state index >= 15 is 0 Å². The summed E-state index contributed by atoms with van der Waals surface area (Å²) in [5.41, 5.74) is 2.23. The van der Waals surface area contributed by atoms with E-state index in [2.05, 4.69) is 25.5 Å². The summed E-state index contributed by atoms with van der Waals surface area (Å²) < 4.78 is 39.8. The Morgan fingerprint density at radius 2 is 1.96 bits per heavy atom. The Morgan fingerprint density at radius 3 is 2.50 bits per heavy atom. The number of aromatic nitrogens is 4. The fraction of sp³-hybridized carbons (Fsp3) is 0.444. The molecule has 1 unspecified atom stereocenters. The van der Waals surface area contributed by atoms with E-state index in [1.165, 1.54) is 4.90 Å². The van der Waals surface area contributed by atoms with Crippen LogP contribution in [-0.4, -0.2) is 68.7 Å². The number of halogens is 3. The van der Waals surface area contributed by atoms with Gasteiger partial charge in [0.2, 0.25) is 0 Å². The number of allylic oxidation sites excluding steroid dienone is 2. The summed E-state index contributed by atoms with van der Waals surface area (Å²) >= 11 is 0. The van der Waals surface area contributed by atoms with Crippen LogP contribution < -0.4 is 5.32 Å². The van der Waals surface area contributed by atoms with Gasteiger partial charge < -0.3 is 5.32 Å². The lowest BCUT2D eigenvalue weighted by molar-refractivity contribution is -0.151. The Hall–Kier alpha value is -2.59. The average molecular weight is 393 g/mol. The minimum absolute atomic E-state index is 0.356. The standard InChI is InChI=1S/C18H22F3N7/c1-26-12-16(11-25-26)17(3-2-14(8-22-17)15-9-23-24-10-15)28-6-4-27(5-7-28)13-18(19,20)21/h2-3,8-12,22H,4-7,13H2,1H3,(H,23,24). The van der Waals surface area contributed by atoms with Crippen molar-refractivity contribution in [2.24, 2.45) is 7.05 Å². The molecule has 0 aromatic carbocycles. The zero-order valence-corrected chi connectivity index (χ0v) is 15.4. The number of hydrogen-bond donors (Lipinski definition) is 2. The Labute approximate surface area is 160 Å². The van der Waals surface area contributed by atoms with Gasteiger partial charge in [0.1, 0.15) is 5.66 Å². The molecule has 0 radical (unpaired) electrons. The quantitative estimate of drug-likeness (QED) is 0.828. The number of aromatic amines is 1. The second-order valence-electron chi connectivity index (χ2n) is 7.11. The fourth-order valence-corrected chi connectivity index (χ4v) is 3.77. The number of nitrogens with zero attached hydrogens (tertiary/aromatic N) is 5. The van der Waals surface area contributed by atoms with Crippen molar-refractivity contribution in [3.8, 4) is 0 Å². The normalized spacial score (nSPS) is 24.2. The van der Waals surface area contributed by atoms with Crippen LogP contribution in [0.15, 0.2) is 43.1 Å². The van der Waals surface area contributed by atoms with Gasteiger partial charge in [-0.25, -0.2) is 0 Å². The molecule has 4 heterocycles. The summed E-state index contributed by atoms with van der Waals surface area (Å²) in [5, 5.41) is 14.5. The number of dihydropyridines is 1. The molecule has 2 aromatic rings. The van der Waals surface area contributed by atoms with E-state index in [9.17, 15) is 13.2 Å². The topological polar surface area (TPSA) is 65.0 Å². The highest BCUT2D eigenvalue weighted by Gasteiger charge is 2.41. The smallest absolute Gasteiger partial charge is 0.365 e. The van der Waals surface area contributed by atoms with Crippen molar-refractivity contribution in [3.63, 3.8) is 0 Å². The van der Waals surface area contributed by atoms with E-state index in [4.69, 9.17) is 0 Å². The van der Waals surface area contributed by atoms with Crippen LogP contribution >= 0.6 is 0 Å². The van der Waals surface area contributed by atoms with Crippen molar-refractivity contribution in [2.75, 3.05) is 32.7 Å². The third-order valence-electron chi connectivity index (χ3n) is 5.20. The molecule has 7 nitrogen and oxygen atoms in total. The minimum atomic E-state index is -4.17. The van der Waals surface area contributed by atoms with Crippen molar-refractivity contribution in [3.05, 3.63) is 54.3 Å². The Morgan fingerprint density at radius 1 is 1.18 bits per heavy atom. The maximum absolute atomic E-state index is 12.7. The van der Waals surface area contributed by atoms with E-state index in [1.807, 2.05) is 37.8 Å². The number of alkyl halides is 3. The van der Waals surface area contributed by atoms with Crippen LogP contribution in [0.5, 0.6) is 0 Å². The van der Waals surface area contributed by atoms with E-state index in [-0.39, 0.29) is 0 Å². The average Bonchev–Trinajstić information content (AvgIpc) is 3.33. The van der Waals surface area contributed by atoms with E-state index in [0.717, 1.165) is 16.7 Å². The molecule has 2 N–H and O–H groups in total. The fourth-order valence-electron chi connectivity index (χ4n) is 3.77. The summed E-state index contributed by atoms with van der Waals surface area (Å²) in [5.74, 6) is 0. The van der Waals surface area contributed by atoms with Crippen molar-refractivity contribution < 1.29 is 13.2 Å². The summed E-state index contributed by atoms with van der Waals surface area (Å²) in [6.07, 6.45) is 9.07. The molecular weight excluding hydrogens is 371 g/mol. The predicted octanol–water partition coefficient (Wildman–Crippen LogP) is 1.68. The molecule has 0 saturated carbocycles. The number of hydrogen-bond acceptors (Lipinski definition) is 5. The summed E-state index contributed by atoms with van der Waals surface area (Å²) in [6.45, 7) is 0.869. The Kier molecular flexibility index (Phi) is 4.76. The second kappa shape index (κ2) is 7.10. The first-order valence-electron chi connectivity index (χ1n) is 9.05. The Balaban J connectivity index is 1.56. The molecule has 2 aliphatic heterocycles. The number of nitrogens with one attached hydrogen (secondary N) is 2. The first-order valence-corrected chi connectivity index (χ1v) is 9.05. The lowest BCUT2D eigenvalue weighted by Crippen LogP contribution is -2.60. The molecule has 0 spiro atoms. The number of rotatable bonds is 4. The van der Waals surface area contributed by atoms with Crippen LogP contribution in [0, 0.1) is 0 Å². The van der Waals surface area contributed by atoms with Crippen molar-refractivity contribution in [1.29, 1.82) is 0 Å². The van der Waals surface area contributed by atoms with Crippen LogP contribution in [0.3, 0.4) is 0 Å². The maximum Gasteiger partial charge on any atom is 0.401 e. The van der Waals surface area contributed by atoms with Gasteiger partial charge in [0, 0.05) is 68.5 Å². The van der Waals surface area contributed by atoms with Gasteiger partial charge in [-0.05, 0) is 6.08 Å². The molecule has 28 heavy (non-hydrogen) atoms. The maximum atomic E-state index is 12.7. The minimum Gasteiger partial charge on any atom is -0.365 e. The van der Waals surface area contributed by atoms with Gasteiger partial charge >= 0.3 is 6.18 Å². The van der Waals surface area contributed by atoms with Crippen LogP contribution in [-0.2, 0) is 12.7 Å². The highest BCUT2D eigenvalue weighted by Crippen LogP contribution is 2.33. The molecule has 2 aromatic heterocycles. The summed E-state index contributed by atoms with van der Waals surface area (Å²) in [4.78, 5) is 3.61. The van der Waals surface area contributed by atoms with Gasteiger partial charge in [-0.1, -0.05) is 6.08 Å². The monoisotopic (exact) mass is 393 g/mol. The molecule has 10 heteroatoms. The van der Waals surface area contributed by atoms with Crippen LogP contribution in [0.1, 0.15) is 11.1 Å². The number of H-pyrrole nitrogens is 1. The third kappa shape index (κ3) is 3.69. The molecule has 0 amide bonds. The largest absolute Gasteiger partial charge is 0.401 e. The van der Waals surface area contributed by atoms with Gasteiger partial charge in [0.15, 0.2) is 0 Å². The van der Waals surface area contributed by atoms with E-state index in [1.54, 1.807) is 17.1 Å². The van der Waals surface area contributed by atoms with E-state index in [0.29, 0.717) is 26.2 Å². The molecule has 1 fully saturated rings. The number of aryl methyl sites for hydroxylation is 1. The zero-order chi connectivity index (χ0) is 19.8. The molecule has 1 saturated heterocycles. The molecule has 150 valence electrons. The van der Waals surface area contributed by atoms with Crippen LogP contribution in [0.25, 0.3) is 5.57 Å². The lowest BCUT2D eigenvalue weighted by atomic mass is 9.94. The summed E-state index contributed by atoms with van der Waals surface area (Å²) in [6, 6.07) is 0. The summed E-state index contributed by atoms with van der Waals surface area (Å²) in [7, 11) is 1.84. The molecule has 0 aliphatic carbocycles. The molecule has 2 aliphatic rings. The highest BCUT2D eigenvalue weighted by molar-refractivity contribution is 5.74. The highest BCUT2D eigenvalue weighted by atomic mass is 19.4. The first kappa shape index (κ1) is 18.8. The van der Waals surface area contributed by atoms with Crippen molar-refractivity contribution in [2.45, 2.75) is 11.8 Å². The second-order valence-corrected chi connectivity index (χ2v) is 7.11. The van der Waals surface area contributed by atoms with Crippen molar-refractivity contribution >= 4 is 5.57 Å².